The fourth-order valence-corrected chi connectivity index (χ4v) is 2.86. The van der Waals surface area contributed by atoms with E-state index >= 15 is 0 Å². The van der Waals surface area contributed by atoms with Crippen molar-refractivity contribution in [1.82, 2.24) is 20.1 Å². The number of ether oxygens (including phenoxy) is 1. The van der Waals surface area contributed by atoms with Gasteiger partial charge in [0.25, 0.3) is 0 Å². The van der Waals surface area contributed by atoms with Gasteiger partial charge in [0.15, 0.2) is 0 Å². The van der Waals surface area contributed by atoms with Crippen LogP contribution in [0, 0.1) is 12.8 Å². The third-order valence-corrected chi connectivity index (χ3v) is 4.13. The van der Waals surface area contributed by atoms with E-state index in [0.717, 1.165) is 12.1 Å². The number of hydrogen-bond donors (Lipinski definition) is 1. The highest BCUT2D eigenvalue weighted by atomic mass is 16.5. The molecule has 0 saturated carbocycles. The Morgan fingerprint density at radius 3 is 2.91 bits per heavy atom. The Morgan fingerprint density at radius 2 is 2.17 bits per heavy atom. The van der Waals surface area contributed by atoms with Gasteiger partial charge in [-0.25, -0.2) is 0 Å². The van der Waals surface area contributed by atoms with E-state index in [9.17, 15) is 4.79 Å². The van der Waals surface area contributed by atoms with Crippen LogP contribution in [0.15, 0.2) is 36.8 Å². The number of amides is 1. The largest absolute Gasteiger partial charge is 0.379 e. The van der Waals surface area contributed by atoms with Gasteiger partial charge in [-0.15, -0.1) is 0 Å². The maximum atomic E-state index is 12.2. The molecule has 2 aromatic heterocycles. The number of aromatic nitrogens is 3. The maximum absolute atomic E-state index is 12.2. The van der Waals surface area contributed by atoms with Crippen LogP contribution in [0.1, 0.15) is 17.7 Å². The molecular weight excluding hydrogens is 292 g/mol. The summed E-state index contributed by atoms with van der Waals surface area (Å²) in [5, 5.41) is 7.40. The molecule has 0 aromatic carbocycles. The summed E-state index contributed by atoms with van der Waals surface area (Å²) >= 11 is 0. The summed E-state index contributed by atoms with van der Waals surface area (Å²) in [6.07, 6.45) is 6.81. The summed E-state index contributed by atoms with van der Waals surface area (Å²) in [5.41, 5.74) is 2.19. The minimum absolute atomic E-state index is 0.0494. The lowest BCUT2D eigenvalue weighted by molar-refractivity contribution is -0.122. The summed E-state index contributed by atoms with van der Waals surface area (Å²) in [6, 6.07) is 6.04. The van der Waals surface area contributed by atoms with Crippen molar-refractivity contribution < 1.29 is 9.53 Å². The van der Waals surface area contributed by atoms with E-state index in [-0.39, 0.29) is 11.9 Å². The van der Waals surface area contributed by atoms with E-state index in [1.54, 1.807) is 17.1 Å². The minimum Gasteiger partial charge on any atom is -0.379 e. The molecule has 1 fully saturated rings. The van der Waals surface area contributed by atoms with Crippen LogP contribution < -0.4 is 5.32 Å². The highest BCUT2D eigenvalue weighted by molar-refractivity contribution is 5.76. The van der Waals surface area contributed by atoms with Crippen LogP contribution in [0.5, 0.6) is 0 Å². The Hall–Kier alpha value is -2.21. The van der Waals surface area contributed by atoms with Crippen LogP contribution >= 0.6 is 0 Å². The highest BCUT2D eigenvalue weighted by Gasteiger charge is 2.29. The number of nitrogens with zero attached hydrogens (tertiary/aromatic N) is 3. The minimum atomic E-state index is 0.0494. The Labute approximate surface area is 135 Å². The zero-order valence-electron chi connectivity index (χ0n) is 13.3. The second-order valence-electron chi connectivity index (χ2n) is 6.00. The monoisotopic (exact) mass is 314 g/mol. The smallest absolute Gasteiger partial charge is 0.222 e. The molecule has 3 rings (SSSR count). The Balaban J connectivity index is 1.48. The van der Waals surface area contributed by atoms with Crippen LogP contribution in [0.4, 0.5) is 0 Å². The molecule has 0 unspecified atom stereocenters. The van der Waals surface area contributed by atoms with E-state index < -0.39 is 0 Å². The number of carbonyl (C=O) groups excluding carboxylic acids is 1. The van der Waals surface area contributed by atoms with Gasteiger partial charge in [0.05, 0.1) is 24.9 Å². The normalized spacial score (nSPS) is 20.6. The Bertz CT molecular complexity index is 641. The van der Waals surface area contributed by atoms with Crippen molar-refractivity contribution in [1.29, 1.82) is 0 Å². The molecule has 1 amide bonds. The van der Waals surface area contributed by atoms with Gasteiger partial charge in [0.1, 0.15) is 0 Å². The summed E-state index contributed by atoms with van der Waals surface area (Å²) in [6.45, 7) is 3.81. The molecule has 1 aliphatic heterocycles. The number of hydrogen-bond acceptors (Lipinski definition) is 4. The molecule has 1 aliphatic rings. The summed E-state index contributed by atoms with van der Waals surface area (Å²) in [7, 11) is 0. The molecular formula is C17H22N4O2. The molecule has 1 N–H and O–H groups in total. The van der Waals surface area contributed by atoms with Crippen LogP contribution in [0.2, 0.25) is 0 Å². The van der Waals surface area contributed by atoms with Gasteiger partial charge >= 0.3 is 0 Å². The van der Waals surface area contributed by atoms with Gasteiger partial charge in [-0.2, -0.15) is 5.10 Å². The van der Waals surface area contributed by atoms with E-state index in [1.165, 1.54) is 5.56 Å². The number of aryl methyl sites for hydroxylation is 2. The molecule has 6 heteroatoms. The molecule has 2 atom stereocenters. The first-order valence-corrected chi connectivity index (χ1v) is 7.97. The van der Waals surface area contributed by atoms with Crippen molar-refractivity contribution in [2.75, 3.05) is 13.2 Å². The summed E-state index contributed by atoms with van der Waals surface area (Å²) in [5.74, 6) is 0.363. The lowest BCUT2D eigenvalue weighted by atomic mass is 9.95. The Morgan fingerprint density at radius 1 is 1.35 bits per heavy atom. The Kier molecular flexibility index (Phi) is 5.02. The van der Waals surface area contributed by atoms with E-state index in [0.29, 0.717) is 32.1 Å². The molecule has 1 saturated heterocycles. The first kappa shape index (κ1) is 15.7. The highest BCUT2D eigenvalue weighted by Crippen LogP contribution is 2.19. The third kappa shape index (κ3) is 4.39. The SMILES string of the molecule is Cc1ccn(CCC(=O)N[C@@H]2COC[C@H]2Cc2ccncc2)n1. The zero-order valence-corrected chi connectivity index (χ0v) is 13.3. The summed E-state index contributed by atoms with van der Waals surface area (Å²) < 4.78 is 7.36. The van der Waals surface area contributed by atoms with E-state index in [1.807, 2.05) is 31.3 Å². The fourth-order valence-electron chi connectivity index (χ4n) is 2.86. The topological polar surface area (TPSA) is 69.0 Å². The molecule has 23 heavy (non-hydrogen) atoms. The number of carbonyl (C=O) groups is 1. The standard InChI is InChI=1S/C17H22N4O2/c1-13-4-8-21(20-13)9-5-17(22)19-16-12-23-11-15(16)10-14-2-6-18-7-3-14/h2-4,6-8,15-16H,5,9-12H2,1H3,(H,19,22)/t15-,16-/m1/s1. The van der Waals surface area contributed by atoms with Gasteiger partial charge < -0.3 is 10.1 Å². The predicted molar refractivity (Wildman–Crippen MR) is 85.8 cm³/mol. The average molecular weight is 314 g/mol. The maximum Gasteiger partial charge on any atom is 0.222 e. The predicted octanol–water partition coefficient (Wildman–Crippen LogP) is 1.35. The lowest BCUT2D eigenvalue weighted by Crippen LogP contribution is -2.40. The van der Waals surface area contributed by atoms with Crippen molar-refractivity contribution in [3.8, 4) is 0 Å². The number of nitrogens with one attached hydrogen (secondary N) is 1. The van der Waals surface area contributed by atoms with Gasteiger partial charge in [0.2, 0.25) is 5.91 Å². The van der Waals surface area contributed by atoms with Crippen molar-refractivity contribution in [2.24, 2.45) is 5.92 Å². The van der Waals surface area contributed by atoms with E-state index in [4.69, 9.17) is 4.74 Å². The van der Waals surface area contributed by atoms with Crippen molar-refractivity contribution >= 4 is 5.91 Å². The molecule has 0 aliphatic carbocycles. The molecule has 0 bridgehead atoms. The number of rotatable bonds is 6. The average Bonchev–Trinajstić information content (AvgIpc) is 3.16. The molecule has 3 heterocycles. The molecule has 2 aromatic rings. The molecule has 6 nitrogen and oxygen atoms in total. The summed E-state index contributed by atoms with van der Waals surface area (Å²) in [4.78, 5) is 16.2. The van der Waals surface area contributed by atoms with Gasteiger partial charge in [-0.3, -0.25) is 14.5 Å². The molecule has 0 spiro atoms. The van der Waals surface area contributed by atoms with Gasteiger partial charge in [0, 0.05) is 37.5 Å². The lowest BCUT2D eigenvalue weighted by Gasteiger charge is -2.19. The third-order valence-electron chi connectivity index (χ3n) is 4.13. The molecule has 0 radical (unpaired) electrons. The second kappa shape index (κ2) is 7.37. The molecule has 122 valence electrons. The van der Waals surface area contributed by atoms with Crippen molar-refractivity contribution in [3.05, 3.63) is 48.0 Å². The van der Waals surface area contributed by atoms with E-state index in [2.05, 4.69) is 15.4 Å². The van der Waals surface area contributed by atoms with Crippen LogP contribution in [-0.2, 0) is 22.5 Å². The van der Waals surface area contributed by atoms with Crippen LogP contribution in [0.3, 0.4) is 0 Å². The first-order chi connectivity index (χ1) is 11.2. The van der Waals surface area contributed by atoms with Crippen molar-refractivity contribution in [2.45, 2.75) is 32.4 Å². The second-order valence-corrected chi connectivity index (χ2v) is 6.00. The zero-order chi connectivity index (χ0) is 16.1. The fraction of sp³-hybridized carbons (Fsp3) is 0.471. The van der Waals surface area contributed by atoms with Gasteiger partial charge in [-0.05, 0) is 37.1 Å². The quantitative estimate of drug-likeness (QED) is 0.874. The first-order valence-electron chi connectivity index (χ1n) is 7.97. The van der Waals surface area contributed by atoms with Crippen LogP contribution in [-0.4, -0.2) is 39.9 Å². The number of pyridine rings is 1. The van der Waals surface area contributed by atoms with Crippen molar-refractivity contribution in [3.63, 3.8) is 0 Å². The van der Waals surface area contributed by atoms with Gasteiger partial charge in [-0.1, -0.05) is 0 Å². The van der Waals surface area contributed by atoms with Crippen LogP contribution in [0.25, 0.3) is 0 Å².